The molecule has 3 aromatic rings. The number of aromatic amines is 1. The molecular formula is C20H23N7O2S. The Morgan fingerprint density at radius 1 is 1.17 bits per heavy atom. The maximum absolute atomic E-state index is 13.2. The standard InChI is InChI=1S/C20H23N7O2S/c1-3-14-16(12-21)20(25-24-17(14)4-2)26-8-10-27(11-9-26)30(28,29)18-13-23-19-15(18)6-5-7-22-19/h5-7,13H,3-4,8-11H2,1-2H3,(H,22,23). The van der Waals surface area contributed by atoms with Gasteiger partial charge < -0.3 is 9.88 Å². The predicted octanol–water partition coefficient (Wildman–Crippen LogP) is 1.86. The maximum atomic E-state index is 13.2. The first-order valence-corrected chi connectivity index (χ1v) is 11.4. The van der Waals surface area contributed by atoms with Crippen LogP contribution in [-0.2, 0) is 22.9 Å². The van der Waals surface area contributed by atoms with E-state index in [1.807, 2.05) is 18.7 Å². The summed E-state index contributed by atoms with van der Waals surface area (Å²) in [6.45, 7) is 5.49. The van der Waals surface area contributed by atoms with Crippen molar-refractivity contribution in [3.8, 4) is 6.07 Å². The number of H-pyrrole nitrogens is 1. The van der Waals surface area contributed by atoms with E-state index in [4.69, 9.17) is 0 Å². The van der Waals surface area contributed by atoms with Gasteiger partial charge in [0.25, 0.3) is 0 Å². The molecule has 156 valence electrons. The SMILES string of the molecule is CCc1nnc(N2CCN(S(=O)(=O)c3c[nH]c4ncccc34)CC2)c(C#N)c1CC. The van der Waals surface area contributed by atoms with Crippen LogP contribution in [0.2, 0.25) is 0 Å². The molecule has 0 unspecified atom stereocenters. The summed E-state index contributed by atoms with van der Waals surface area (Å²) in [5.74, 6) is 0.542. The zero-order valence-electron chi connectivity index (χ0n) is 17.0. The molecule has 0 amide bonds. The molecule has 1 saturated heterocycles. The Bertz CT molecular complexity index is 1220. The third-order valence-corrected chi connectivity index (χ3v) is 7.45. The van der Waals surface area contributed by atoms with Crippen molar-refractivity contribution >= 4 is 26.9 Å². The zero-order valence-corrected chi connectivity index (χ0v) is 17.8. The molecule has 3 aromatic heterocycles. The first kappa shape index (κ1) is 20.3. The van der Waals surface area contributed by atoms with Gasteiger partial charge in [-0.25, -0.2) is 13.4 Å². The number of hydrogen-bond acceptors (Lipinski definition) is 7. The Labute approximate surface area is 175 Å². The van der Waals surface area contributed by atoms with Crippen molar-refractivity contribution in [2.75, 3.05) is 31.1 Å². The number of sulfonamides is 1. The van der Waals surface area contributed by atoms with Crippen molar-refractivity contribution in [1.82, 2.24) is 24.5 Å². The molecule has 1 N–H and O–H groups in total. The fourth-order valence-corrected chi connectivity index (χ4v) is 5.50. The maximum Gasteiger partial charge on any atom is 0.245 e. The van der Waals surface area contributed by atoms with Gasteiger partial charge in [0.1, 0.15) is 22.2 Å². The lowest BCUT2D eigenvalue weighted by molar-refractivity contribution is 0.383. The van der Waals surface area contributed by atoms with Gasteiger partial charge in [-0.2, -0.15) is 14.7 Å². The second-order valence-electron chi connectivity index (χ2n) is 7.09. The van der Waals surface area contributed by atoms with Gasteiger partial charge in [-0.15, -0.1) is 5.10 Å². The summed E-state index contributed by atoms with van der Waals surface area (Å²) < 4.78 is 27.9. The summed E-state index contributed by atoms with van der Waals surface area (Å²) in [5.41, 5.74) is 2.86. The number of fused-ring (bicyclic) bond motifs is 1. The molecule has 4 rings (SSSR count). The van der Waals surface area contributed by atoms with E-state index in [2.05, 4.69) is 26.2 Å². The molecule has 4 heterocycles. The molecule has 9 nitrogen and oxygen atoms in total. The number of piperazine rings is 1. The van der Waals surface area contributed by atoms with E-state index >= 15 is 0 Å². The summed E-state index contributed by atoms with van der Waals surface area (Å²) in [5, 5.41) is 18.9. The molecule has 0 aliphatic carbocycles. The van der Waals surface area contributed by atoms with Gasteiger partial charge in [-0.1, -0.05) is 13.8 Å². The highest BCUT2D eigenvalue weighted by molar-refractivity contribution is 7.89. The van der Waals surface area contributed by atoms with Crippen LogP contribution in [0.25, 0.3) is 11.0 Å². The summed E-state index contributed by atoms with van der Waals surface area (Å²) in [6.07, 6.45) is 4.54. The van der Waals surface area contributed by atoms with Crippen molar-refractivity contribution in [1.29, 1.82) is 5.26 Å². The average molecular weight is 426 g/mol. The molecule has 0 bridgehead atoms. The zero-order chi connectivity index (χ0) is 21.3. The summed E-state index contributed by atoms with van der Waals surface area (Å²) >= 11 is 0. The Morgan fingerprint density at radius 3 is 2.60 bits per heavy atom. The number of nitriles is 1. The molecule has 0 radical (unpaired) electrons. The molecule has 1 aliphatic rings. The number of hydrogen-bond donors (Lipinski definition) is 1. The fourth-order valence-electron chi connectivity index (χ4n) is 3.92. The minimum absolute atomic E-state index is 0.233. The van der Waals surface area contributed by atoms with E-state index < -0.39 is 10.0 Å². The lowest BCUT2D eigenvalue weighted by Crippen LogP contribution is -2.49. The Hall–Kier alpha value is -3.03. The van der Waals surface area contributed by atoms with E-state index in [0.29, 0.717) is 55.0 Å². The van der Waals surface area contributed by atoms with Crippen molar-refractivity contribution in [2.24, 2.45) is 0 Å². The molecule has 0 saturated carbocycles. The van der Waals surface area contributed by atoms with Crippen molar-refractivity contribution < 1.29 is 8.42 Å². The van der Waals surface area contributed by atoms with E-state index in [9.17, 15) is 13.7 Å². The van der Waals surface area contributed by atoms with Crippen molar-refractivity contribution in [3.05, 3.63) is 41.3 Å². The van der Waals surface area contributed by atoms with Crippen LogP contribution in [0.3, 0.4) is 0 Å². The van der Waals surface area contributed by atoms with Crippen LogP contribution in [0.4, 0.5) is 5.82 Å². The average Bonchev–Trinajstić information content (AvgIpc) is 3.23. The van der Waals surface area contributed by atoms with Crippen LogP contribution in [0.15, 0.2) is 29.4 Å². The highest BCUT2D eigenvalue weighted by atomic mass is 32.2. The Morgan fingerprint density at radius 2 is 1.93 bits per heavy atom. The first-order valence-electron chi connectivity index (χ1n) is 9.97. The molecule has 10 heteroatoms. The summed E-state index contributed by atoms with van der Waals surface area (Å²) in [6, 6.07) is 5.76. The quantitative estimate of drug-likeness (QED) is 0.663. The third-order valence-electron chi connectivity index (χ3n) is 5.51. The normalized spacial score (nSPS) is 15.4. The number of anilines is 1. The molecular weight excluding hydrogens is 402 g/mol. The minimum atomic E-state index is -3.66. The highest BCUT2D eigenvalue weighted by Gasteiger charge is 2.32. The number of aromatic nitrogens is 4. The number of nitrogens with zero attached hydrogens (tertiary/aromatic N) is 6. The lowest BCUT2D eigenvalue weighted by Gasteiger charge is -2.35. The molecule has 30 heavy (non-hydrogen) atoms. The van der Waals surface area contributed by atoms with Crippen LogP contribution >= 0.6 is 0 Å². The van der Waals surface area contributed by atoms with Crippen LogP contribution < -0.4 is 4.90 Å². The van der Waals surface area contributed by atoms with E-state index in [-0.39, 0.29) is 4.90 Å². The van der Waals surface area contributed by atoms with Crippen molar-refractivity contribution in [2.45, 2.75) is 31.6 Å². The predicted molar refractivity (Wildman–Crippen MR) is 113 cm³/mol. The molecule has 0 spiro atoms. The van der Waals surface area contributed by atoms with Gasteiger partial charge in [0.2, 0.25) is 10.0 Å². The highest BCUT2D eigenvalue weighted by Crippen LogP contribution is 2.28. The van der Waals surface area contributed by atoms with Gasteiger partial charge in [0.15, 0.2) is 5.82 Å². The lowest BCUT2D eigenvalue weighted by atomic mass is 10.0. The van der Waals surface area contributed by atoms with Crippen LogP contribution in [-0.4, -0.2) is 59.1 Å². The third kappa shape index (κ3) is 3.30. The Kier molecular flexibility index (Phi) is 5.40. The van der Waals surface area contributed by atoms with E-state index in [1.165, 1.54) is 10.5 Å². The van der Waals surface area contributed by atoms with Gasteiger partial charge in [0.05, 0.1) is 5.69 Å². The van der Waals surface area contributed by atoms with Gasteiger partial charge in [0, 0.05) is 44.0 Å². The van der Waals surface area contributed by atoms with Crippen LogP contribution in [0.1, 0.15) is 30.7 Å². The van der Waals surface area contributed by atoms with Gasteiger partial charge >= 0.3 is 0 Å². The first-order chi connectivity index (χ1) is 14.5. The van der Waals surface area contributed by atoms with E-state index in [1.54, 1.807) is 18.3 Å². The minimum Gasteiger partial charge on any atom is -0.351 e. The Balaban J connectivity index is 1.58. The van der Waals surface area contributed by atoms with E-state index in [0.717, 1.165) is 17.7 Å². The smallest absolute Gasteiger partial charge is 0.245 e. The van der Waals surface area contributed by atoms with Crippen LogP contribution in [0, 0.1) is 11.3 Å². The molecule has 0 atom stereocenters. The summed E-state index contributed by atoms with van der Waals surface area (Å²) in [4.78, 5) is 9.28. The van der Waals surface area contributed by atoms with Gasteiger partial charge in [-0.3, -0.25) is 0 Å². The number of rotatable bonds is 5. The fraction of sp³-hybridized carbons (Fsp3) is 0.400. The van der Waals surface area contributed by atoms with Gasteiger partial charge in [-0.05, 0) is 30.5 Å². The largest absolute Gasteiger partial charge is 0.351 e. The van der Waals surface area contributed by atoms with Crippen LogP contribution in [0.5, 0.6) is 0 Å². The van der Waals surface area contributed by atoms with Crippen molar-refractivity contribution in [3.63, 3.8) is 0 Å². The number of aryl methyl sites for hydroxylation is 1. The molecule has 1 fully saturated rings. The summed E-state index contributed by atoms with van der Waals surface area (Å²) in [7, 11) is -3.66. The second kappa shape index (κ2) is 8.01. The molecule has 1 aliphatic heterocycles. The topological polar surface area (TPSA) is 119 Å². The monoisotopic (exact) mass is 425 g/mol. The number of nitrogens with one attached hydrogen (secondary N) is 1. The number of pyridine rings is 1. The second-order valence-corrected chi connectivity index (χ2v) is 8.99. The molecule has 0 aromatic carbocycles.